The molecule has 4 heterocycles. The normalized spacial score (nSPS) is 16.6. The Hall–Kier alpha value is -4.19. The van der Waals surface area contributed by atoms with Crippen molar-refractivity contribution in [2.24, 2.45) is 0 Å². The molecule has 13 heteroatoms. The number of ketones is 1. The van der Waals surface area contributed by atoms with Gasteiger partial charge >= 0.3 is 0 Å². The van der Waals surface area contributed by atoms with E-state index in [1.165, 1.54) is 0 Å². The summed E-state index contributed by atoms with van der Waals surface area (Å²) in [6.45, 7) is 6.81. The third kappa shape index (κ3) is 6.47. The van der Waals surface area contributed by atoms with Gasteiger partial charge in [-0.25, -0.2) is 4.68 Å². The molecule has 2 aliphatic heterocycles. The second-order valence-corrected chi connectivity index (χ2v) is 11.7. The van der Waals surface area contributed by atoms with E-state index in [0.29, 0.717) is 65.3 Å². The molecule has 2 aromatic heterocycles. The number of piperazine rings is 2. The van der Waals surface area contributed by atoms with Gasteiger partial charge in [0.15, 0.2) is 5.78 Å². The Balaban J connectivity index is 0.00000400. The average Bonchev–Trinajstić information content (AvgIpc) is 3.57. The Morgan fingerprint density at radius 1 is 1.07 bits per heavy atom. The molecule has 2 aliphatic rings. The molecule has 0 radical (unpaired) electrons. The molecule has 11 nitrogen and oxygen atoms in total. The highest BCUT2D eigenvalue weighted by atomic mass is 35.5. The summed E-state index contributed by atoms with van der Waals surface area (Å²) in [5, 5.41) is 11.3. The Labute approximate surface area is 271 Å². The second kappa shape index (κ2) is 13.4. The third-order valence-corrected chi connectivity index (χ3v) is 8.63. The molecule has 2 N–H and O–H groups in total. The smallest absolute Gasteiger partial charge is 0.257 e. The first-order valence-corrected chi connectivity index (χ1v) is 15.2. The first-order valence-electron chi connectivity index (χ1n) is 14.8. The first-order chi connectivity index (χ1) is 21.2. The van der Waals surface area contributed by atoms with Crippen LogP contribution in [0.4, 0.5) is 5.69 Å². The zero-order valence-electron chi connectivity index (χ0n) is 25.1. The van der Waals surface area contributed by atoms with Crippen molar-refractivity contribution >= 4 is 64.1 Å². The summed E-state index contributed by atoms with van der Waals surface area (Å²) in [5.41, 5.74) is 3.82. The lowest BCUT2D eigenvalue weighted by Gasteiger charge is -2.43. The van der Waals surface area contributed by atoms with Gasteiger partial charge in [0.1, 0.15) is 12.6 Å². The fraction of sp³-hybridized carbons (Fsp3) is 0.344. The number of rotatable bonds is 8. The summed E-state index contributed by atoms with van der Waals surface area (Å²) >= 11 is 6.31. The van der Waals surface area contributed by atoms with E-state index in [2.05, 4.69) is 20.6 Å². The molecule has 2 aromatic carbocycles. The summed E-state index contributed by atoms with van der Waals surface area (Å²) in [5.74, 6) is -0.439. The van der Waals surface area contributed by atoms with Crippen LogP contribution in [0.5, 0.6) is 0 Å². The van der Waals surface area contributed by atoms with Gasteiger partial charge in [-0.3, -0.25) is 24.1 Å². The largest absolute Gasteiger partial charge is 0.353 e. The topological polar surface area (TPSA) is 122 Å². The molecule has 1 atom stereocenters. The summed E-state index contributed by atoms with van der Waals surface area (Å²) in [6, 6.07) is 12.1. The van der Waals surface area contributed by atoms with Gasteiger partial charge in [0.25, 0.3) is 5.91 Å². The van der Waals surface area contributed by atoms with Crippen molar-refractivity contribution in [1.82, 2.24) is 29.5 Å². The van der Waals surface area contributed by atoms with Gasteiger partial charge in [0, 0.05) is 67.0 Å². The zero-order chi connectivity index (χ0) is 31.0. The minimum Gasteiger partial charge on any atom is -0.353 e. The minimum atomic E-state index is -0.341. The van der Waals surface area contributed by atoms with E-state index >= 15 is 0 Å². The summed E-state index contributed by atoms with van der Waals surface area (Å²) in [7, 11) is 0. The van der Waals surface area contributed by atoms with Crippen LogP contribution in [0, 0.1) is 6.92 Å². The SMILES string of the molecule is CCCC(=O)c1cnn(-c2ccc(NC(=O)c3cn(CC(=O)N4CCN5CCNC(=O)C5C4)c4ccc(Cl)cc34)cc2)c1C.Cl. The number of amides is 3. The molecule has 4 aromatic rings. The van der Waals surface area contributed by atoms with Crippen molar-refractivity contribution in [2.45, 2.75) is 39.3 Å². The van der Waals surface area contributed by atoms with E-state index in [0.717, 1.165) is 24.3 Å². The number of carbonyl (C=O) groups is 4. The Kier molecular flexibility index (Phi) is 9.62. The predicted molar refractivity (Wildman–Crippen MR) is 175 cm³/mol. The summed E-state index contributed by atoms with van der Waals surface area (Å²) in [4.78, 5) is 55.5. The first kappa shape index (κ1) is 32.2. The maximum atomic E-state index is 13.5. The van der Waals surface area contributed by atoms with Gasteiger partial charge < -0.3 is 20.1 Å². The number of fused-ring (bicyclic) bond motifs is 2. The maximum Gasteiger partial charge on any atom is 0.257 e. The number of carbonyl (C=O) groups excluding carboxylic acids is 4. The Morgan fingerprint density at radius 3 is 2.60 bits per heavy atom. The lowest BCUT2D eigenvalue weighted by atomic mass is 10.1. The lowest BCUT2D eigenvalue weighted by Crippen LogP contribution is -2.64. The van der Waals surface area contributed by atoms with Gasteiger partial charge in [-0.1, -0.05) is 18.5 Å². The van der Waals surface area contributed by atoms with Crippen molar-refractivity contribution in [3.63, 3.8) is 0 Å². The summed E-state index contributed by atoms with van der Waals surface area (Å²) in [6.07, 6.45) is 4.52. The molecule has 0 bridgehead atoms. The van der Waals surface area contributed by atoms with E-state index in [9.17, 15) is 19.2 Å². The molecule has 6 rings (SSSR count). The highest BCUT2D eigenvalue weighted by molar-refractivity contribution is 6.31. The van der Waals surface area contributed by atoms with E-state index in [-0.39, 0.29) is 48.5 Å². The van der Waals surface area contributed by atoms with Gasteiger partial charge in [-0.05, 0) is 55.8 Å². The van der Waals surface area contributed by atoms with E-state index in [4.69, 9.17) is 11.6 Å². The van der Waals surface area contributed by atoms with E-state index in [1.54, 1.807) is 56.9 Å². The third-order valence-electron chi connectivity index (χ3n) is 8.40. The van der Waals surface area contributed by atoms with Crippen molar-refractivity contribution in [1.29, 1.82) is 0 Å². The van der Waals surface area contributed by atoms with Gasteiger partial charge in [0.2, 0.25) is 11.8 Å². The molecule has 0 aliphatic carbocycles. The van der Waals surface area contributed by atoms with Crippen LogP contribution in [-0.2, 0) is 16.1 Å². The highest BCUT2D eigenvalue weighted by Crippen LogP contribution is 2.27. The van der Waals surface area contributed by atoms with Crippen LogP contribution < -0.4 is 10.6 Å². The quantitative estimate of drug-likeness (QED) is 0.277. The number of hydrogen-bond donors (Lipinski definition) is 2. The monoisotopic (exact) mass is 651 g/mol. The Bertz CT molecular complexity index is 1760. The Morgan fingerprint density at radius 2 is 1.84 bits per heavy atom. The van der Waals surface area contributed by atoms with Crippen LogP contribution in [0.3, 0.4) is 0 Å². The molecular weight excluding hydrogens is 617 g/mol. The van der Waals surface area contributed by atoms with E-state index < -0.39 is 0 Å². The number of aromatic nitrogens is 3. The van der Waals surface area contributed by atoms with Crippen LogP contribution in [0.1, 0.15) is 46.2 Å². The van der Waals surface area contributed by atoms with Crippen molar-refractivity contribution in [3.05, 3.63) is 76.7 Å². The minimum absolute atomic E-state index is 0. The number of anilines is 1. The van der Waals surface area contributed by atoms with Gasteiger partial charge in [0.05, 0.1) is 28.7 Å². The predicted octanol–water partition coefficient (Wildman–Crippen LogP) is 4.09. The molecule has 236 valence electrons. The fourth-order valence-electron chi connectivity index (χ4n) is 6.02. The molecule has 0 spiro atoms. The summed E-state index contributed by atoms with van der Waals surface area (Å²) < 4.78 is 3.47. The molecule has 45 heavy (non-hydrogen) atoms. The fourth-order valence-corrected chi connectivity index (χ4v) is 6.19. The standard InChI is InChI=1S/C32H34ClN7O4.ClH/c1-3-4-29(41)25-16-35-40(20(25)2)23-8-6-22(7-9-23)36-31(43)26-17-39(27-10-5-21(33)15-24(26)27)19-30(42)38-14-13-37-12-11-34-32(44)28(37)18-38;/h5-10,15-17,28H,3-4,11-14,18-19H2,1-2H3,(H,34,44)(H,36,43);1H. The maximum absolute atomic E-state index is 13.5. The van der Waals surface area contributed by atoms with Crippen LogP contribution in [0.2, 0.25) is 5.02 Å². The number of halogens is 2. The van der Waals surface area contributed by atoms with Gasteiger partial charge in [-0.15, -0.1) is 12.4 Å². The van der Waals surface area contributed by atoms with Crippen molar-refractivity contribution in [2.75, 3.05) is 38.0 Å². The van der Waals surface area contributed by atoms with E-state index in [1.807, 2.05) is 26.0 Å². The van der Waals surface area contributed by atoms with Crippen LogP contribution >= 0.6 is 24.0 Å². The molecule has 2 saturated heterocycles. The lowest BCUT2D eigenvalue weighted by molar-refractivity contribution is -0.140. The van der Waals surface area contributed by atoms with Crippen molar-refractivity contribution < 1.29 is 19.2 Å². The van der Waals surface area contributed by atoms with Crippen LogP contribution in [-0.4, -0.2) is 86.4 Å². The molecule has 2 fully saturated rings. The van der Waals surface area contributed by atoms with Gasteiger partial charge in [-0.2, -0.15) is 5.10 Å². The molecular formula is C32H35Cl2N7O4. The second-order valence-electron chi connectivity index (χ2n) is 11.2. The molecule has 1 unspecified atom stereocenters. The van der Waals surface area contributed by atoms with Crippen LogP contribution in [0.15, 0.2) is 54.9 Å². The number of Topliss-reactive ketones (excluding diaryl/α,β-unsaturated/α-hetero) is 1. The van der Waals surface area contributed by atoms with Crippen LogP contribution in [0.25, 0.3) is 16.6 Å². The number of nitrogens with zero attached hydrogens (tertiary/aromatic N) is 5. The average molecular weight is 653 g/mol. The molecule has 0 saturated carbocycles. The zero-order valence-corrected chi connectivity index (χ0v) is 26.7. The number of nitrogens with one attached hydrogen (secondary N) is 2. The highest BCUT2D eigenvalue weighted by Gasteiger charge is 2.36. The number of hydrogen-bond acceptors (Lipinski definition) is 6. The number of benzene rings is 2. The molecule has 3 amide bonds. The van der Waals surface area contributed by atoms with Crippen molar-refractivity contribution in [3.8, 4) is 5.69 Å².